The van der Waals surface area contributed by atoms with Crippen molar-refractivity contribution >= 4 is 17.7 Å². The predicted molar refractivity (Wildman–Crippen MR) is 65.0 cm³/mol. The van der Waals surface area contributed by atoms with Crippen LogP contribution in [0.15, 0.2) is 29.2 Å². The first-order chi connectivity index (χ1) is 7.27. The van der Waals surface area contributed by atoms with Gasteiger partial charge < -0.3 is 5.32 Å². The van der Waals surface area contributed by atoms with E-state index in [1.54, 1.807) is 11.8 Å². The van der Waals surface area contributed by atoms with Gasteiger partial charge in [0.25, 0.3) is 0 Å². The molecule has 82 valence electrons. The smallest absolute Gasteiger partial charge is 0.220 e. The minimum Gasteiger partial charge on any atom is -0.352 e. The van der Waals surface area contributed by atoms with Crippen LogP contribution in [0.5, 0.6) is 0 Å². The lowest BCUT2D eigenvalue weighted by atomic mass is 10.2. The second kappa shape index (κ2) is 6.51. The van der Waals surface area contributed by atoms with Gasteiger partial charge in [0.2, 0.25) is 5.91 Å². The van der Waals surface area contributed by atoms with Crippen LogP contribution in [-0.4, -0.2) is 12.2 Å². The summed E-state index contributed by atoms with van der Waals surface area (Å²) in [6.45, 7) is 2.64. The quantitative estimate of drug-likeness (QED) is 0.778. The largest absolute Gasteiger partial charge is 0.352 e. The maximum Gasteiger partial charge on any atom is 0.220 e. The summed E-state index contributed by atoms with van der Waals surface area (Å²) in [6.07, 6.45) is 3.56. The Labute approximate surface area is 95.5 Å². The van der Waals surface area contributed by atoms with Gasteiger partial charge in [0.05, 0.1) is 0 Å². The van der Waals surface area contributed by atoms with Crippen molar-refractivity contribution in [1.82, 2.24) is 5.32 Å². The highest BCUT2D eigenvalue weighted by Gasteiger charge is 2.02. The van der Waals surface area contributed by atoms with Crippen LogP contribution >= 0.6 is 11.8 Å². The van der Waals surface area contributed by atoms with Gasteiger partial charge in [0, 0.05) is 17.9 Å². The Morgan fingerprint density at radius 2 is 2.13 bits per heavy atom. The maximum atomic E-state index is 11.3. The summed E-state index contributed by atoms with van der Waals surface area (Å²) in [5.74, 6) is 0.133. The fourth-order valence-corrected chi connectivity index (χ4v) is 1.98. The topological polar surface area (TPSA) is 29.1 Å². The lowest BCUT2D eigenvalue weighted by Gasteiger charge is -2.08. The molecule has 0 bridgehead atoms. The van der Waals surface area contributed by atoms with E-state index in [0.717, 1.165) is 6.42 Å². The van der Waals surface area contributed by atoms with Crippen molar-refractivity contribution in [3.05, 3.63) is 29.8 Å². The van der Waals surface area contributed by atoms with Crippen LogP contribution in [0.3, 0.4) is 0 Å². The summed E-state index contributed by atoms with van der Waals surface area (Å²) in [5.41, 5.74) is 1.19. The molecule has 1 aromatic carbocycles. The van der Waals surface area contributed by atoms with Crippen LogP contribution in [0.1, 0.15) is 25.3 Å². The van der Waals surface area contributed by atoms with Gasteiger partial charge in [-0.15, -0.1) is 11.8 Å². The zero-order valence-electron chi connectivity index (χ0n) is 9.25. The van der Waals surface area contributed by atoms with Gasteiger partial charge in [0.15, 0.2) is 0 Å². The molecule has 3 heteroatoms. The number of nitrogens with one attached hydrogen (secondary N) is 1. The summed E-state index contributed by atoms with van der Waals surface area (Å²) in [4.78, 5) is 12.5. The molecule has 15 heavy (non-hydrogen) atoms. The molecule has 0 radical (unpaired) electrons. The molecule has 1 amide bonds. The molecule has 0 aliphatic carbocycles. The van der Waals surface area contributed by atoms with Crippen molar-refractivity contribution in [2.75, 3.05) is 6.26 Å². The third-order valence-corrected chi connectivity index (χ3v) is 2.98. The van der Waals surface area contributed by atoms with Crippen molar-refractivity contribution in [2.24, 2.45) is 0 Å². The summed E-state index contributed by atoms with van der Waals surface area (Å²) >= 11 is 1.71. The fraction of sp³-hybridized carbons (Fsp3) is 0.417. The van der Waals surface area contributed by atoms with E-state index in [2.05, 4.69) is 17.4 Å². The molecule has 0 aromatic heterocycles. The van der Waals surface area contributed by atoms with Crippen LogP contribution in [0.25, 0.3) is 0 Å². The second-order valence-electron chi connectivity index (χ2n) is 3.34. The van der Waals surface area contributed by atoms with Crippen molar-refractivity contribution < 1.29 is 4.79 Å². The number of carbonyl (C=O) groups is 1. The lowest BCUT2D eigenvalue weighted by Crippen LogP contribution is -2.22. The van der Waals surface area contributed by atoms with Gasteiger partial charge in [-0.1, -0.05) is 25.1 Å². The number of hydrogen-bond acceptors (Lipinski definition) is 2. The predicted octanol–water partition coefficient (Wildman–Crippen LogP) is 2.82. The van der Waals surface area contributed by atoms with Gasteiger partial charge in [-0.2, -0.15) is 0 Å². The minimum atomic E-state index is 0.133. The van der Waals surface area contributed by atoms with E-state index in [9.17, 15) is 4.79 Å². The first-order valence-electron chi connectivity index (χ1n) is 5.16. The molecule has 0 unspecified atom stereocenters. The van der Waals surface area contributed by atoms with E-state index in [1.807, 2.05) is 25.3 Å². The first kappa shape index (κ1) is 12.1. The third kappa shape index (κ3) is 3.96. The SMILES string of the molecule is CCCC(=O)NCc1ccccc1SC. The molecule has 1 rings (SSSR count). The molecule has 2 nitrogen and oxygen atoms in total. The van der Waals surface area contributed by atoms with Crippen LogP contribution in [0, 0.1) is 0 Å². The molecule has 0 heterocycles. The molecule has 1 aromatic rings. The lowest BCUT2D eigenvalue weighted by molar-refractivity contribution is -0.121. The monoisotopic (exact) mass is 223 g/mol. The Hall–Kier alpha value is -0.960. The molecule has 1 N–H and O–H groups in total. The second-order valence-corrected chi connectivity index (χ2v) is 4.19. The zero-order chi connectivity index (χ0) is 11.1. The highest BCUT2D eigenvalue weighted by Crippen LogP contribution is 2.19. The van der Waals surface area contributed by atoms with Crippen LogP contribution in [0.4, 0.5) is 0 Å². The minimum absolute atomic E-state index is 0.133. The number of hydrogen-bond donors (Lipinski definition) is 1. The Balaban J connectivity index is 2.53. The van der Waals surface area contributed by atoms with Gasteiger partial charge in [-0.05, 0) is 24.3 Å². The Kier molecular flexibility index (Phi) is 5.26. The Bertz CT molecular complexity index is 325. The molecule has 0 aliphatic heterocycles. The van der Waals surface area contributed by atoms with Gasteiger partial charge in [-0.25, -0.2) is 0 Å². The van der Waals surface area contributed by atoms with Crippen molar-refractivity contribution in [3.63, 3.8) is 0 Å². The average molecular weight is 223 g/mol. The fourth-order valence-electron chi connectivity index (χ4n) is 1.36. The zero-order valence-corrected chi connectivity index (χ0v) is 10.1. The van der Waals surface area contributed by atoms with E-state index in [4.69, 9.17) is 0 Å². The van der Waals surface area contributed by atoms with E-state index in [-0.39, 0.29) is 5.91 Å². The Morgan fingerprint density at radius 3 is 2.80 bits per heavy atom. The number of amides is 1. The number of thioether (sulfide) groups is 1. The number of carbonyl (C=O) groups excluding carboxylic acids is 1. The maximum absolute atomic E-state index is 11.3. The molecular weight excluding hydrogens is 206 g/mol. The van der Waals surface area contributed by atoms with Gasteiger partial charge >= 0.3 is 0 Å². The molecule has 0 atom stereocenters. The molecule has 0 spiro atoms. The summed E-state index contributed by atoms with van der Waals surface area (Å²) in [7, 11) is 0. The third-order valence-electron chi connectivity index (χ3n) is 2.15. The van der Waals surface area contributed by atoms with Gasteiger partial charge in [0.1, 0.15) is 0 Å². The average Bonchev–Trinajstić information content (AvgIpc) is 2.27. The first-order valence-corrected chi connectivity index (χ1v) is 6.39. The van der Waals surface area contributed by atoms with E-state index < -0.39 is 0 Å². The highest BCUT2D eigenvalue weighted by atomic mass is 32.2. The van der Waals surface area contributed by atoms with Crippen molar-refractivity contribution in [2.45, 2.75) is 31.2 Å². The number of rotatable bonds is 5. The molecule has 0 saturated carbocycles. The van der Waals surface area contributed by atoms with Crippen LogP contribution in [-0.2, 0) is 11.3 Å². The number of benzene rings is 1. The Morgan fingerprint density at radius 1 is 1.40 bits per heavy atom. The molecular formula is C12H17NOS. The summed E-state index contributed by atoms with van der Waals surface area (Å²) in [6, 6.07) is 8.15. The summed E-state index contributed by atoms with van der Waals surface area (Å²) in [5, 5.41) is 2.92. The highest BCUT2D eigenvalue weighted by molar-refractivity contribution is 7.98. The van der Waals surface area contributed by atoms with Crippen molar-refractivity contribution in [1.29, 1.82) is 0 Å². The van der Waals surface area contributed by atoms with E-state index in [0.29, 0.717) is 13.0 Å². The molecule has 0 aliphatic rings. The van der Waals surface area contributed by atoms with Crippen LogP contribution < -0.4 is 5.32 Å². The molecule has 0 saturated heterocycles. The standard InChI is InChI=1S/C12H17NOS/c1-3-6-12(14)13-9-10-7-4-5-8-11(10)15-2/h4-5,7-8H,3,6,9H2,1-2H3,(H,13,14). The van der Waals surface area contributed by atoms with E-state index >= 15 is 0 Å². The van der Waals surface area contributed by atoms with Gasteiger partial charge in [-0.3, -0.25) is 4.79 Å². The normalized spacial score (nSPS) is 10.0. The van der Waals surface area contributed by atoms with Crippen LogP contribution in [0.2, 0.25) is 0 Å². The summed E-state index contributed by atoms with van der Waals surface area (Å²) < 4.78 is 0. The van der Waals surface area contributed by atoms with Crippen molar-refractivity contribution in [3.8, 4) is 0 Å². The van der Waals surface area contributed by atoms with E-state index in [1.165, 1.54) is 10.5 Å². The molecule has 0 fully saturated rings.